The molecular formula is C9H23N. The lowest BCUT2D eigenvalue weighted by molar-refractivity contribution is 0.338. The first kappa shape index (κ1) is 12.6. The molecule has 0 aliphatic rings. The summed E-state index contributed by atoms with van der Waals surface area (Å²) in [7, 11) is 0. The van der Waals surface area contributed by atoms with E-state index in [1.54, 1.807) is 0 Å². The highest BCUT2D eigenvalue weighted by Gasteiger charge is 2.09. The van der Waals surface area contributed by atoms with Crippen LogP contribution in [0.4, 0.5) is 0 Å². The van der Waals surface area contributed by atoms with Crippen LogP contribution in [0.1, 0.15) is 47.5 Å². The Kier molecular flexibility index (Phi) is 8.92. The van der Waals surface area contributed by atoms with Crippen molar-refractivity contribution in [1.29, 1.82) is 0 Å². The highest BCUT2D eigenvalue weighted by atomic mass is 14.5. The van der Waals surface area contributed by atoms with Gasteiger partial charge in [-0.05, 0) is 12.0 Å². The Morgan fingerprint density at radius 2 is 1.20 bits per heavy atom. The predicted octanol–water partition coefficient (Wildman–Crippen LogP) is 2.80. The Morgan fingerprint density at radius 3 is 1.20 bits per heavy atom. The Bertz CT molecular complexity index is 51.7. The van der Waals surface area contributed by atoms with Crippen LogP contribution in [-0.4, -0.2) is 6.54 Å². The van der Waals surface area contributed by atoms with Crippen LogP contribution in [0.2, 0.25) is 0 Å². The predicted molar refractivity (Wildman–Crippen MR) is 49.1 cm³/mol. The Hall–Kier alpha value is -0.0400. The van der Waals surface area contributed by atoms with E-state index in [0.717, 1.165) is 6.54 Å². The zero-order chi connectivity index (χ0) is 8.62. The molecule has 0 amide bonds. The Labute approximate surface area is 66.0 Å². The average Bonchev–Trinajstić information content (AvgIpc) is 1.90. The van der Waals surface area contributed by atoms with Crippen LogP contribution in [0.15, 0.2) is 0 Å². The van der Waals surface area contributed by atoms with Gasteiger partial charge in [0.1, 0.15) is 0 Å². The van der Waals surface area contributed by atoms with E-state index in [1.807, 2.05) is 6.92 Å². The van der Waals surface area contributed by atoms with E-state index in [-0.39, 0.29) is 0 Å². The van der Waals surface area contributed by atoms with Crippen molar-refractivity contribution in [2.24, 2.45) is 11.1 Å². The van der Waals surface area contributed by atoms with Gasteiger partial charge in [-0.3, -0.25) is 0 Å². The number of hydrogen-bond acceptors (Lipinski definition) is 1. The van der Waals surface area contributed by atoms with E-state index in [0.29, 0.717) is 5.41 Å². The first-order valence-corrected chi connectivity index (χ1v) is 4.24. The van der Waals surface area contributed by atoms with Gasteiger partial charge in [-0.1, -0.05) is 47.5 Å². The monoisotopic (exact) mass is 145 g/mol. The van der Waals surface area contributed by atoms with Crippen molar-refractivity contribution in [3.8, 4) is 0 Å². The molecule has 2 N–H and O–H groups in total. The minimum Gasteiger partial charge on any atom is -0.331 e. The van der Waals surface area contributed by atoms with Gasteiger partial charge < -0.3 is 5.73 Å². The van der Waals surface area contributed by atoms with E-state index in [2.05, 4.69) is 27.7 Å². The largest absolute Gasteiger partial charge is 0.331 e. The molecule has 10 heavy (non-hydrogen) atoms. The second kappa shape index (κ2) is 7.07. The zero-order valence-corrected chi connectivity index (χ0v) is 8.20. The minimum absolute atomic E-state index is 0.583. The average molecular weight is 145 g/mol. The van der Waals surface area contributed by atoms with Crippen molar-refractivity contribution in [1.82, 2.24) is 0 Å². The molecule has 1 nitrogen and oxygen atoms in total. The molecule has 64 valence electrons. The van der Waals surface area contributed by atoms with Gasteiger partial charge in [-0.25, -0.2) is 0 Å². The second-order valence-electron chi connectivity index (χ2n) is 3.28. The Balaban J connectivity index is 0. The molecule has 0 spiro atoms. The lowest BCUT2D eigenvalue weighted by Crippen LogP contribution is -2.05. The maximum atomic E-state index is 4.85. The van der Waals surface area contributed by atoms with Crippen molar-refractivity contribution in [2.45, 2.75) is 47.5 Å². The summed E-state index contributed by atoms with van der Waals surface area (Å²) in [6.45, 7) is 11.7. The van der Waals surface area contributed by atoms with Crippen LogP contribution in [0, 0.1) is 5.41 Å². The van der Waals surface area contributed by atoms with Gasteiger partial charge in [-0.15, -0.1) is 0 Å². The zero-order valence-electron chi connectivity index (χ0n) is 8.20. The van der Waals surface area contributed by atoms with E-state index in [9.17, 15) is 0 Å². The van der Waals surface area contributed by atoms with Crippen LogP contribution in [0.25, 0.3) is 0 Å². The summed E-state index contributed by atoms with van der Waals surface area (Å²) < 4.78 is 0. The summed E-state index contributed by atoms with van der Waals surface area (Å²) >= 11 is 0. The number of hydrogen-bond donors (Lipinski definition) is 1. The molecule has 0 saturated carbocycles. The van der Waals surface area contributed by atoms with Crippen molar-refractivity contribution in [3.05, 3.63) is 0 Å². The SMILES string of the molecule is CCC(C)(C)CC.CCN. The number of rotatable bonds is 2. The molecule has 0 heterocycles. The van der Waals surface area contributed by atoms with Crippen molar-refractivity contribution in [2.75, 3.05) is 6.54 Å². The van der Waals surface area contributed by atoms with Gasteiger partial charge in [0.25, 0.3) is 0 Å². The molecule has 0 aromatic carbocycles. The van der Waals surface area contributed by atoms with Crippen LogP contribution in [0.5, 0.6) is 0 Å². The molecule has 0 aromatic heterocycles. The van der Waals surface area contributed by atoms with Crippen molar-refractivity contribution >= 4 is 0 Å². The molecule has 0 radical (unpaired) electrons. The highest BCUT2D eigenvalue weighted by molar-refractivity contribution is 4.61. The summed E-state index contributed by atoms with van der Waals surface area (Å²) in [6, 6.07) is 0. The highest BCUT2D eigenvalue weighted by Crippen LogP contribution is 2.22. The summed E-state index contributed by atoms with van der Waals surface area (Å²) in [5.74, 6) is 0. The fourth-order valence-electron chi connectivity index (χ4n) is 0.250. The van der Waals surface area contributed by atoms with Crippen LogP contribution in [0.3, 0.4) is 0 Å². The van der Waals surface area contributed by atoms with Gasteiger partial charge in [0.2, 0.25) is 0 Å². The van der Waals surface area contributed by atoms with E-state index in [1.165, 1.54) is 12.8 Å². The molecule has 0 aromatic rings. The molecule has 0 fully saturated rings. The molecule has 0 unspecified atom stereocenters. The quantitative estimate of drug-likeness (QED) is 0.635. The maximum Gasteiger partial charge on any atom is -0.0106 e. The number of nitrogens with two attached hydrogens (primary N) is 1. The van der Waals surface area contributed by atoms with Crippen LogP contribution >= 0.6 is 0 Å². The lowest BCUT2D eigenvalue weighted by atomic mass is 9.88. The molecule has 1 heteroatoms. The normalized spacial score (nSPS) is 10.2. The topological polar surface area (TPSA) is 26.0 Å². The molecule has 0 atom stereocenters. The summed E-state index contributed by atoms with van der Waals surface area (Å²) in [4.78, 5) is 0. The van der Waals surface area contributed by atoms with E-state index < -0.39 is 0 Å². The molecular weight excluding hydrogens is 122 g/mol. The molecule has 0 bridgehead atoms. The maximum absolute atomic E-state index is 4.85. The minimum atomic E-state index is 0.583. The summed E-state index contributed by atoms with van der Waals surface area (Å²) in [5, 5.41) is 0. The molecule has 0 aliphatic carbocycles. The standard InChI is InChI=1S/C7H16.C2H7N/c1-5-7(3,4)6-2;1-2-3/h5-6H2,1-4H3;2-3H2,1H3. The van der Waals surface area contributed by atoms with Crippen molar-refractivity contribution < 1.29 is 0 Å². The first-order chi connectivity index (χ1) is 4.54. The molecule has 0 rings (SSSR count). The van der Waals surface area contributed by atoms with Crippen molar-refractivity contribution in [3.63, 3.8) is 0 Å². The van der Waals surface area contributed by atoms with Gasteiger partial charge in [-0.2, -0.15) is 0 Å². The van der Waals surface area contributed by atoms with E-state index in [4.69, 9.17) is 5.73 Å². The van der Waals surface area contributed by atoms with Gasteiger partial charge in [0.05, 0.1) is 0 Å². The third-order valence-electron chi connectivity index (χ3n) is 1.91. The fourth-order valence-corrected chi connectivity index (χ4v) is 0.250. The van der Waals surface area contributed by atoms with E-state index >= 15 is 0 Å². The summed E-state index contributed by atoms with van der Waals surface area (Å²) in [6.07, 6.45) is 2.59. The second-order valence-corrected chi connectivity index (χ2v) is 3.28. The van der Waals surface area contributed by atoms with Crippen LogP contribution < -0.4 is 5.73 Å². The van der Waals surface area contributed by atoms with Gasteiger partial charge in [0, 0.05) is 0 Å². The van der Waals surface area contributed by atoms with Gasteiger partial charge >= 0.3 is 0 Å². The van der Waals surface area contributed by atoms with Crippen LogP contribution in [-0.2, 0) is 0 Å². The summed E-state index contributed by atoms with van der Waals surface area (Å²) in [5.41, 5.74) is 5.43. The fraction of sp³-hybridized carbons (Fsp3) is 1.00. The smallest absolute Gasteiger partial charge is 0.0106 e. The first-order valence-electron chi connectivity index (χ1n) is 4.24. The molecule has 0 aliphatic heterocycles. The Morgan fingerprint density at radius 1 is 1.00 bits per heavy atom. The lowest BCUT2D eigenvalue weighted by Gasteiger charge is -2.18. The van der Waals surface area contributed by atoms with Gasteiger partial charge in [0.15, 0.2) is 0 Å². The third kappa shape index (κ3) is 10.9. The molecule has 0 saturated heterocycles. The third-order valence-corrected chi connectivity index (χ3v) is 1.91.